The topological polar surface area (TPSA) is 77.0 Å². The van der Waals surface area contributed by atoms with Crippen LogP contribution < -0.4 is 5.73 Å². The quantitative estimate of drug-likeness (QED) is 0.915. The number of carbonyl (C=O) groups is 1. The molecule has 0 radical (unpaired) electrons. The predicted molar refractivity (Wildman–Crippen MR) is 78.1 cm³/mol. The first kappa shape index (κ1) is 14.6. The molecule has 0 fully saturated rings. The van der Waals surface area contributed by atoms with E-state index in [-0.39, 0.29) is 5.82 Å². The fourth-order valence-electron chi connectivity index (χ4n) is 2.92. The summed E-state index contributed by atoms with van der Waals surface area (Å²) in [7, 11) is 0. The molecule has 1 aromatic carbocycles. The summed E-state index contributed by atoms with van der Waals surface area (Å²) >= 11 is 0. The Morgan fingerprint density at radius 3 is 2.68 bits per heavy atom. The highest BCUT2D eigenvalue weighted by Gasteiger charge is 2.30. The molecule has 6 nitrogen and oxygen atoms in total. The summed E-state index contributed by atoms with van der Waals surface area (Å²) in [5, 5.41) is 8.35. The Bertz CT molecular complexity index is 682. The van der Waals surface area contributed by atoms with Gasteiger partial charge >= 0.3 is 0 Å². The molecule has 1 aliphatic rings. The molecule has 0 saturated heterocycles. The van der Waals surface area contributed by atoms with Crippen molar-refractivity contribution in [2.75, 3.05) is 6.54 Å². The molecule has 2 N–H and O–H groups in total. The number of fused-ring (bicyclic) bond motifs is 1. The first-order chi connectivity index (χ1) is 10.6. The second-order valence-electron chi connectivity index (χ2n) is 5.36. The van der Waals surface area contributed by atoms with E-state index >= 15 is 0 Å². The van der Waals surface area contributed by atoms with Crippen molar-refractivity contribution in [1.82, 2.24) is 19.7 Å². The summed E-state index contributed by atoms with van der Waals surface area (Å²) in [6.45, 7) is 3.92. The summed E-state index contributed by atoms with van der Waals surface area (Å²) < 4.78 is 15.2. The van der Waals surface area contributed by atoms with E-state index in [9.17, 15) is 9.18 Å². The molecule has 1 aliphatic heterocycles. The summed E-state index contributed by atoms with van der Waals surface area (Å²) in [6.07, 6.45) is 0.824. The number of rotatable bonds is 4. The Morgan fingerprint density at radius 1 is 1.32 bits per heavy atom. The lowest BCUT2D eigenvalue weighted by molar-refractivity contribution is -0.124. The van der Waals surface area contributed by atoms with E-state index in [1.54, 1.807) is 12.1 Å². The van der Waals surface area contributed by atoms with Crippen molar-refractivity contribution in [3.05, 3.63) is 47.3 Å². The van der Waals surface area contributed by atoms with Crippen LogP contribution in [0.5, 0.6) is 0 Å². The van der Waals surface area contributed by atoms with Gasteiger partial charge < -0.3 is 10.3 Å². The molecule has 0 bridgehead atoms. The van der Waals surface area contributed by atoms with Crippen molar-refractivity contribution in [2.45, 2.75) is 32.5 Å². The number of primary amides is 1. The van der Waals surface area contributed by atoms with Crippen LogP contribution in [0.15, 0.2) is 24.3 Å². The van der Waals surface area contributed by atoms with Gasteiger partial charge in [-0.25, -0.2) is 4.39 Å². The fourth-order valence-corrected chi connectivity index (χ4v) is 2.92. The second-order valence-corrected chi connectivity index (χ2v) is 5.36. The molecule has 22 heavy (non-hydrogen) atoms. The second kappa shape index (κ2) is 5.84. The van der Waals surface area contributed by atoms with Crippen LogP contribution in [0.3, 0.4) is 0 Å². The Morgan fingerprint density at radius 2 is 2.05 bits per heavy atom. The SMILES string of the molecule is CCc1nnc2n1CCN([C@@H](C(N)=O)c1ccc(F)cc1)C2. The third-order valence-electron chi connectivity index (χ3n) is 4.00. The van der Waals surface area contributed by atoms with Crippen molar-refractivity contribution >= 4 is 5.91 Å². The lowest BCUT2D eigenvalue weighted by Gasteiger charge is -2.33. The molecular formula is C15H18FN5O. The smallest absolute Gasteiger partial charge is 0.239 e. The minimum Gasteiger partial charge on any atom is -0.368 e. The number of aryl methyl sites for hydroxylation is 1. The summed E-state index contributed by atoms with van der Waals surface area (Å²) in [5.74, 6) is 0.997. The molecule has 1 amide bonds. The Hall–Kier alpha value is -2.28. The number of halogens is 1. The molecule has 2 heterocycles. The Balaban J connectivity index is 1.87. The highest BCUT2D eigenvalue weighted by Crippen LogP contribution is 2.25. The van der Waals surface area contributed by atoms with Crippen molar-refractivity contribution in [3.8, 4) is 0 Å². The van der Waals surface area contributed by atoms with E-state index in [4.69, 9.17) is 5.73 Å². The molecule has 7 heteroatoms. The van der Waals surface area contributed by atoms with Crippen LogP contribution in [0.2, 0.25) is 0 Å². The van der Waals surface area contributed by atoms with Gasteiger partial charge in [0.05, 0.1) is 6.54 Å². The van der Waals surface area contributed by atoms with E-state index in [1.165, 1.54) is 12.1 Å². The molecule has 116 valence electrons. The van der Waals surface area contributed by atoms with Crippen LogP contribution in [0.25, 0.3) is 0 Å². The lowest BCUT2D eigenvalue weighted by Crippen LogP contribution is -2.42. The van der Waals surface area contributed by atoms with E-state index in [0.717, 1.165) is 24.6 Å². The average Bonchev–Trinajstić information content (AvgIpc) is 2.91. The number of hydrogen-bond donors (Lipinski definition) is 1. The molecule has 0 saturated carbocycles. The monoisotopic (exact) mass is 303 g/mol. The molecule has 2 aromatic rings. The maximum Gasteiger partial charge on any atom is 0.239 e. The summed E-state index contributed by atoms with van der Waals surface area (Å²) in [4.78, 5) is 13.9. The van der Waals surface area contributed by atoms with Gasteiger partial charge in [-0.05, 0) is 17.7 Å². The fraction of sp³-hybridized carbons (Fsp3) is 0.400. The van der Waals surface area contributed by atoms with Gasteiger partial charge in [0, 0.05) is 19.5 Å². The third kappa shape index (κ3) is 2.59. The van der Waals surface area contributed by atoms with Crippen molar-refractivity contribution in [1.29, 1.82) is 0 Å². The molecule has 0 spiro atoms. The number of aromatic nitrogens is 3. The number of amides is 1. The van der Waals surface area contributed by atoms with Crippen molar-refractivity contribution < 1.29 is 9.18 Å². The van der Waals surface area contributed by atoms with Gasteiger partial charge in [0.2, 0.25) is 5.91 Å². The third-order valence-corrected chi connectivity index (χ3v) is 4.00. The van der Waals surface area contributed by atoms with Gasteiger partial charge in [-0.2, -0.15) is 0 Å². The highest BCUT2D eigenvalue weighted by molar-refractivity contribution is 5.81. The molecular weight excluding hydrogens is 285 g/mol. The molecule has 0 unspecified atom stereocenters. The van der Waals surface area contributed by atoms with Gasteiger partial charge in [-0.3, -0.25) is 9.69 Å². The van der Waals surface area contributed by atoms with E-state index in [2.05, 4.69) is 14.8 Å². The maximum absolute atomic E-state index is 13.1. The van der Waals surface area contributed by atoms with Crippen molar-refractivity contribution in [2.24, 2.45) is 5.73 Å². The zero-order chi connectivity index (χ0) is 15.7. The Kier molecular flexibility index (Phi) is 3.89. The number of carbonyl (C=O) groups excluding carboxylic acids is 1. The van der Waals surface area contributed by atoms with Crippen molar-refractivity contribution in [3.63, 3.8) is 0 Å². The van der Waals surface area contributed by atoms with Gasteiger partial charge in [0.1, 0.15) is 23.5 Å². The van der Waals surface area contributed by atoms with Crippen LogP contribution in [0.4, 0.5) is 4.39 Å². The molecule has 3 rings (SSSR count). The number of benzene rings is 1. The van der Waals surface area contributed by atoms with E-state index in [0.29, 0.717) is 18.7 Å². The van der Waals surface area contributed by atoms with Gasteiger partial charge in [0.25, 0.3) is 0 Å². The van der Waals surface area contributed by atoms with Crippen LogP contribution in [0, 0.1) is 5.82 Å². The zero-order valence-corrected chi connectivity index (χ0v) is 12.4. The number of hydrogen-bond acceptors (Lipinski definition) is 4. The molecule has 0 aliphatic carbocycles. The van der Waals surface area contributed by atoms with Crippen LogP contribution in [0.1, 0.15) is 30.2 Å². The average molecular weight is 303 g/mol. The number of nitrogens with two attached hydrogens (primary N) is 1. The highest BCUT2D eigenvalue weighted by atomic mass is 19.1. The first-order valence-electron chi connectivity index (χ1n) is 7.30. The number of nitrogens with zero attached hydrogens (tertiary/aromatic N) is 4. The normalized spacial score (nSPS) is 16.3. The molecule has 1 atom stereocenters. The van der Waals surface area contributed by atoms with Crippen LogP contribution in [-0.2, 0) is 24.3 Å². The lowest BCUT2D eigenvalue weighted by atomic mass is 10.0. The standard InChI is InChI=1S/C15H18FN5O/c1-2-12-18-19-13-9-20(7-8-21(12)13)14(15(17)22)10-3-5-11(16)6-4-10/h3-6,14H,2,7-9H2,1H3,(H2,17,22)/t14-/m1/s1. The minimum absolute atomic E-state index is 0.335. The van der Waals surface area contributed by atoms with Gasteiger partial charge in [-0.15, -0.1) is 10.2 Å². The van der Waals surface area contributed by atoms with Crippen LogP contribution >= 0.6 is 0 Å². The zero-order valence-electron chi connectivity index (χ0n) is 12.4. The summed E-state index contributed by atoms with van der Waals surface area (Å²) in [6, 6.07) is 5.29. The predicted octanol–water partition coefficient (Wildman–Crippen LogP) is 1.02. The summed E-state index contributed by atoms with van der Waals surface area (Å²) in [5.41, 5.74) is 6.26. The maximum atomic E-state index is 13.1. The molecule has 1 aromatic heterocycles. The minimum atomic E-state index is -0.587. The first-order valence-corrected chi connectivity index (χ1v) is 7.30. The van der Waals surface area contributed by atoms with Gasteiger partial charge in [0.15, 0.2) is 0 Å². The Labute approximate surface area is 127 Å². The van der Waals surface area contributed by atoms with E-state index in [1.807, 2.05) is 11.8 Å². The van der Waals surface area contributed by atoms with Gasteiger partial charge in [-0.1, -0.05) is 19.1 Å². The van der Waals surface area contributed by atoms with Crippen LogP contribution in [-0.4, -0.2) is 32.1 Å². The van der Waals surface area contributed by atoms with E-state index < -0.39 is 11.9 Å². The largest absolute Gasteiger partial charge is 0.368 e.